The van der Waals surface area contributed by atoms with Gasteiger partial charge in [0.2, 0.25) is 0 Å². The number of fused-ring (bicyclic) bond motifs is 6. The van der Waals surface area contributed by atoms with E-state index in [-0.39, 0.29) is 91.5 Å². The molecule has 0 N–H and O–H groups in total. The van der Waals surface area contributed by atoms with E-state index < -0.39 is 13.7 Å². The summed E-state index contributed by atoms with van der Waals surface area (Å²) in [6.07, 6.45) is 6.53. The number of nitrogens with zero attached hydrogens (tertiary/aromatic N) is 4. The molecular weight excluding hydrogens is 1980 g/mol. The molecule has 4 nitrogen and oxygen atoms in total. The normalized spacial score (nSPS) is 12.0. The van der Waals surface area contributed by atoms with Gasteiger partial charge in [-0.2, -0.15) is 0 Å². The first kappa shape index (κ1) is 67.8. The number of benzene rings is 12. The molecule has 16 aromatic rings. The van der Waals surface area contributed by atoms with E-state index in [1.165, 1.54) is 118 Å². The Hall–Kier alpha value is -9.38. The maximum absolute atomic E-state index is 7.64. The zero-order valence-electron chi connectivity index (χ0n) is 64.5. The molecule has 0 bridgehead atoms. The molecule has 518 valence electrons. The molecule has 0 amide bonds. The zero-order chi connectivity index (χ0) is 73.7. The maximum atomic E-state index is 7.64. The van der Waals surface area contributed by atoms with Crippen LogP contribution in [-0.2, 0) is 80.4 Å². The van der Waals surface area contributed by atoms with E-state index in [1.54, 1.807) is 24.3 Å². The van der Waals surface area contributed by atoms with Crippen molar-refractivity contribution in [1.82, 2.24) is 19.9 Å². The fourth-order valence-electron chi connectivity index (χ4n) is 14.8. The van der Waals surface area contributed by atoms with Gasteiger partial charge in [0.25, 0.3) is 0 Å². The predicted octanol–water partition coefficient (Wildman–Crippen LogP) is 25.0. The van der Waals surface area contributed by atoms with Crippen LogP contribution in [0.2, 0.25) is 0 Å². The molecule has 0 aliphatic heterocycles. The smallest absolute Gasteiger partial charge is 0.0280 e. The van der Waals surface area contributed by atoms with Crippen molar-refractivity contribution in [3.8, 4) is 123 Å². The van der Waals surface area contributed by atoms with Crippen molar-refractivity contribution in [1.29, 1.82) is 0 Å². The van der Waals surface area contributed by atoms with Crippen LogP contribution in [0.25, 0.3) is 155 Å². The molecule has 104 heavy (non-hydrogen) atoms. The van der Waals surface area contributed by atoms with Gasteiger partial charge in [0.1, 0.15) is 0 Å². The molecule has 0 atom stereocenters. The van der Waals surface area contributed by atoms with Gasteiger partial charge in [0.15, 0.2) is 0 Å². The van der Waals surface area contributed by atoms with E-state index in [0.717, 1.165) is 83.2 Å². The molecule has 12 aromatic carbocycles. The minimum absolute atomic E-state index is 0. The van der Waals surface area contributed by atoms with Gasteiger partial charge in [-0.05, 0) is 215 Å². The summed E-state index contributed by atoms with van der Waals surface area (Å²) in [6, 6.07) is 96.9. The Morgan fingerprint density at radius 3 is 0.942 bits per heavy atom. The summed E-state index contributed by atoms with van der Waals surface area (Å²) in [5, 5.41) is 5.83. The summed E-state index contributed by atoms with van der Waals surface area (Å²) in [5.74, 6) is 0. The largest absolute Gasteiger partial charge is 0.305 e. The molecule has 0 spiro atoms. The molecule has 0 aliphatic carbocycles. The van der Waals surface area contributed by atoms with Gasteiger partial charge < -0.3 is 19.9 Å². The number of hydrogen-bond acceptors (Lipinski definition) is 4. The summed E-state index contributed by atoms with van der Waals surface area (Å²) in [4.78, 5) is 18.1. The van der Waals surface area contributed by atoms with Crippen LogP contribution in [0.3, 0.4) is 0 Å². The summed E-state index contributed by atoms with van der Waals surface area (Å²) >= 11 is 0. The first-order valence-corrected chi connectivity index (χ1v) is 33.8. The Morgan fingerprint density at radius 1 is 0.269 bits per heavy atom. The second-order valence-corrected chi connectivity index (χ2v) is 25.9. The topological polar surface area (TPSA) is 51.6 Å². The number of hydrogen-bond donors (Lipinski definition) is 0. The molecule has 4 radical (unpaired) electrons. The van der Waals surface area contributed by atoms with E-state index in [4.69, 9.17) is 13.2 Å². The second-order valence-electron chi connectivity index (χ2n) is 25.9. The van der Waals surface area contributed by atoms with Crippen LogP contribution >= 0.6 is 0 Å². The van der Waals surface area contributed by atoms with Gasteiger partial charge in [-0.25, -0.2) is 0 Å². The van der Waals surface area contributed by atoms with Crippen LogP contribution in [0.15, 0.2) is 267 Å². The molecule has 16 rings (SSSR count). The summed E-state index contributed by atoms with van der Waals surface area (Å²) in [6.45, 7) is 13.6. The van der Waals surface area contributed by atoms with Crippen LogP contribution < -0.4 is 0 Å². The fourth-order valence-corrected chi connectivity index (χ4v) is 14.8. The van der Waals surface area contributed by atoms with Crippen molar-refractivity contribution in [2.75, 3.05) is 0 Å². The van der Waals surface area contributed by atoms with Crippen LogP contribution in [0.5, 0.6) is 0 Å². The Morgan fingerprint density at radius 2 is 0.596 bits per heavy atom. The van der Waals surface area contributed by atoms with E-state index in [9.17, 15) is 0 Å². The third-order valence-electron chi connectivity index (χ3n) is 20.2. The minimum Gasteiger partial charge on any atom is -0.305 e. The van der Waals surface area contributed by atoms with E-state index >= 15 is 0 Å². The molecule has 0 fully saturated rings. The second kappa shape index (κ2) is 32.7. The first-order valence-electron chi connectivity index (χ1n) is 36.8. The number of aryl methyl sites for hydroxylation is 2. The third-order valence-corrected chi connectivity index (χ3v) is 20.2. The fraction of sp³-hybridized carbons (Fsp3) is 0.104. The summed E-state index contributed by atoms with van der Waals surface area (Å²) in [7, 11) is 0. The maximum Gasteiger partial charge on any atom is 0.0280 e. The minimum atomic E-state index is -2.19. The van der Waals surface area contributed by atoms with Gasteiger partial charge in [0.05, 0.1) is 0 Å². The first-order chi connectivity index (χ1) is 51.2. The van der Waals surface area contributed by atoms with Gasteiger partial charge in [0, 0.05) is 113 Å². The molecule has 8 heteroatoms. The molecule has 0 saturated heterocycles. The number of pyridine rings is 4. The van der Waals surface area contributed by atoms with Crippen molar-refractivity contribution in [3.63, 3.8) is 0 Å². The standard InChI is InChI=1S/C50H36N2.C46H38N2.4Ir/c1-31-33(3)49(34(4)32(2)48(31)42-18-9-5-14-38(42)35-22-24-36(25-23-35)47-21-11-12-28-51-47)43-19-10-6-15-39(43)37-26-27-45-46(30-37)41-17-8-7-16-40(41)44-20-13-29-52-50(44)45;1-29-15-25-43(47-27-29)37-21-17-35(18-22-37)39-11-7-9-13-41(39)45-31(3)33(5)46(34(6)32(45)4)42-14-10-8-12-40(42)36-19-23-38(24-20-36)44-26-16-30(2)28-48-44;;;;/h5-24,26,28-30H,1-4H3;7-21,23,25-28H,1-6H3;;;;/q2*-2;;;;/i;1D3,2D3;;;;. The van der Waals surface area contributed by atoms with Gasteiger partial charge in [-0.1, -0.05) is 219 Å². The monoisotopic (exact) mass is 2060 g/mol. The predicted molar refractivity (Wildman–Crippen MR) is 419 cm³/mol. The Labute approximate surface area is 674 Å². The number of rotatable bonds is 11. The quantitative estimate of drug-likeness (QED) is 0.0957. The molecule has 0 aliphatic rings. The van der Waals surface area contributed by atoms with Crippen molar-refractivity contribution >= 4 is 32.4 Å². The Bertz CT molecular complexity index is 5780. The summed E-state index contributed by atoms with van der Waals surface area (Å²) in [5.41, 5.74) is 35.0. The zero-order valence-corrected chi connectivity index (χ0v) is 68.1. The molecule has 0 saturated carbocycles. The van der Waals surface area contributed by atoms with Crippen molar-refractivity contribution in [2.24, 2.45) is 0 Å². The average Bonchev–Trinajstić information content (AvgIpc) is 0.743. The van der Waals surface area contributed by atoms with Crippen molar-refractivity contribution < 1.29 is 88.6 Å². The third kappa shape index (κ3) is 14.5. The van der Waals surface area contributed by atoms with Crippen LogP contribution in [-0.4, -0.2) is 19.9 Å². The van der Waals surface area contributed by atoms with Crippen LogP contribution in [0.4, 0.5) is 0 Å². The van der Waals surface area contributed by atoms with Crippen LogP contribution in [0.1, 0.15) is 63.9 Å². The average molecular weight is 2060 g/mol. The van der Waals surface area contributed by atoms with Crippen molar-refractivity contribution in [2.45, 2.75) is 69.1 Å². The van der Waals surface area contributed by atoms with E-state index in [2.05, 4.69) is 264 Å². The molecule has 4 heterocycles. The Kier molecular flexibility index (Phi) is 21.3. The van der Waals surface area contributed by atoms with Crippen molar-refractivity contribution in [3.05, 3.63) is 347 Å². The Balaban J connectivity index is 0.000000211. The van der Waals surface area contributed by atoms with Gasteiger partial charge in [-0.15, -0.1) is 113 Å². The molecule has 0 unspecified atom stereocenters. The molecule has 4 aromatic heterocycles. The summed E-state index contributed by atoms with van der Waals surface area (Å²) < 4.78 is 45.8. The van der Waals surface area contributed by atoms with E-state index in [1.807, 2.05) is 60.9 Å². The van der Waals surface area contributed by atoms with Crippen LogP contribution in [0, 0.1) is 93.4 Å². The van der Waals surface area contributed by atoms with Gasteiger partial charge in [-0.3, -0.25) is 0 Å². The molecular formula is C96H74Ir4N4-4. The van der Waals surface area contributed by atoms with Gasteiger partial charge >= 0.3 is 0 Å². The SMILES string of the molecule is Cc1c(C)c(-c2ccccc2-c2c[c-]c3c(c2)c2ccccc2c2cccnc32)c(C)c(C)c1-c1ccccc1-c1c[c-]c(-c2ccccn2)cc1.[2H]C([2H])([2H])c1ccc(-c2[c-]cc(-c3ccccc3-c3c(C)c(C)c(-c4ccccc4-c4c[c-]c(-c5ccc(C([2H])([2H])[2H])cn5)cc4)c(C)c3C)cc2)nc1.[Ir].[Ir].[Ir].[Ir]. The number of aromatic nitrogens is 4. The van der Waals surface area contributed by atoms with E-state index in [0.29, 0.717) is 11.4 Å².